The van der Waals surface area contributed by atoms with E-state index >= 15 is 0 Å². The number of rotatable bonds is 10. The van der Waals surface area contributed by atoms with Gasteiger partial charge < -0.3 is 9.97 Å². The molecule has 2 N–H and O–H groups in total. The highest BCUT2D eigenvalue weighted by Crippen LogP contribution is 2.39. The predicted molar refractivity (Wildman–Crippen MR) is 169 cm³/mol. The second kappa shape index (κ2) is 12.3. The molecule has 1 aliphatic carbocycles. The van der Waals surface area contributed by atoms with Crippen LogP contribution in [0.15, 0.2) is 85.2 Å². The lowest BCUT2D eigenvalue weighted by molar-refractivity contribution is -0.118. The molecule has 6 aromatic rings. The molecule has 0 bridgehead atoms. The Morgan fingerprint density at radius 1 is 0.591 bits per heavy atom. The molecule has 7 rings (SSSR count). The number of fused-ring (bicyclic) bond motifs is 2. The summed E-state index contributed by atoms with van der Waals surface area (Å²) >= 11 is 0. The van der Waals surface area contributed by atoms with Crippen LogP contribution in [0.3, 0.4) is 0 Å². The number of H-pyrrole nitrogens is 2. The molecule has 0 radical (unpaired) electrons. The smallest absolute Gasteiger partial charge is 0.143 e. The van der Waals surface area contributed by atoms with Crippen molar-refractivity contribution < 1.29 is 9.59 Å². The average Bonchev–Trinajstić information content (AvgIpc) is 3.66. The van der Waals surface area contributed by atoms with Gasteiger partial charge in [0.25, 0.3) is 0 Å². The minimum Gasteiger partial charge on any atom is -0.361 e. The molecule has 1 saturated carbocycles. The first-order chi connectivity index (χ1) is 21.6. The number of nitrogens with zero attached hydrogens (tertiary/aromatic N) is 4. The van der Waals surface area contributed by atoms with Crippen LogP contribution in [0.1, 0.15) is 71.4 Å². The first-order valence-electron chi connectivity index (χ1n) is 15.4. The first kappa shape index (κ1) is 27.8. The third-order valence-corrected chi connectivity index (χ3v) is 8.87. The van der Waals surface area contributed by atoms with Crippen LogP contribution in [0.25, 0.3) is 21.8 Å². The van der Waals surface area contributed by atoms with Crippen LogP contribution in [0.5, 0.6) is 0 Å². The zero-order chi connectivity index (χ0) is 29.9. The largest absolute Gasteiger partial charge is 0.361 e. The van der Waals surface area contributed by atoms with E-state index in [2.05, 4.69) is 30.4 Å². The Bertz CT molecular complexity index is 1780. The van der Waals surface area contributed by atoms with Gasteiger partial charge in [-0.25, -0.2) is 0 Å². The first-order valence-corrected chi connectivity index (χ1v) is 15.4. The Hall–Kier alpha value is -4.98. The fourth-order valence-corrected chi connectivity index (χ4v) is 6.60. The molecule has 1 aliphatic rings. The highest BCUT2D eigenvalue weighted by atomic mass is 16.1. The minimum atomic E-state index is 0.121. The summed E-state index contributed by atoms with van der Waals surface area (Å²) in [6.45, 7) is 0. The lowest BCUT2D eigenvalue weighted by atomic mass is 9.78. The van der Waals surface area contributed by atoms with Crippen molar-refractivity contribution in [2.75, 3.05) is 0 Å². The van der Waals surface area contributed by atoms with Crippen molar-refractivity contribution in [2.24, 2.45) is 0 Å². The lowest BCUT2D eigenvalue weighted by Gasteiger charge is -2.28. The van der Waals surface area contributed by atoms with E-state index in [0.29, 0.717) is 24.2 Å². The second-order valence-electron chi connectivity index (χ2n) is 12.0. The third-order valence-electron chi connectivity index (χ3n) is 8.87. The van der Waals surface area contributed by atoms with E-state index in [1.807, 2.05) is 85.2 Å². The van der Waals surface area contributed by atoms with Crippen molar-refractivity contribution in [1.82, 2.24) is 30.4 Å². The number of nitrogens with one attached hydrogen (secondary N) is 2. The number of Topliss-reactive ketones (excluding diaryl/α,β-unsaturated/α-hetero) is 2. The Morgan fingerprint density at radius 3 is 1.52 bits per heavy atom. The number of para-hydroxylation sites is 2. The molecule has 0 unspecified atom stereocenters. The fourth-order valence-electron chi connectivity index (χ4n) is 6.60. The van der Waals surface area contributed by atoms with Crippen LogP contribution in [0.4, 0.5) is 0 Å². The van der Waals surface area contributed by atoms with E-state index in [0.717, 1.165) is 70.0 Å². The summed E-state index contributed by atoms with van der Waals surface area (Å²) in [5.41, 5.74) is 7.44. The van der Waals surface area contributed by atoms with Gasteiger partial charge in [0.2, 0.25) is 0 Å². The quantitative estimate of drug-likeness (QED) is 0.194. The minimum absolute atomic E-state index is 0.121. The van der Waals surface area contributed by atoms with Crippen LogP contribution < -0.4 is 0 Å². The Balaban J connectivity index is 0.932. The van der Waals surface area contributed by atoms with E-state index in [9.17, 15) is 9.59 Å². The van der Waals surface area contributed by atoms with E-state index in [4.69, 9.17) is 0 Å². The number of hydrogen-bond acceptors (Lipinski definition) is 6. The topological polar surface area (TPSA) is 117 Å². The molecule has 4 heterocycles. The van der Waals surface area contributed by atoms with Gasteiger partial charge in [0.1, 0.15) is 11.6 Å². The zero-order valence-electron chi connectivity index (χ0n) is 24.5. The molecule has 0 aliphatic heterocycles. The molecule has 8 heteroatoms. The van der Waals surface area contributed by atoms with Gasteiger partial charge in [-0.1, -0.05) is 42.8 Å². The summed E-state index contributed by atoms with van der Waals surface area (Å²) in [5.74, 6) is 0.820. The zero-order valence-corrected chi connectivity index (χ0v) is 24.5. The van der Waals surface area contributed by atoms with E-state index in [1.165, 1.54) is 0 Å². The van der Waals surface area contributed by atoms with Gasteiger partial charge in [-0.3, -0.25) is 9.59 Å². The standard InChI is InChI=1S/C36H34N6O2/c43-29(17-25-21-37-35-10-3-1-8-31(25)35)19-27-12-14-33(41-39-27)23-6-5-7-24(16-23)34-15-13-28(40-42-34)20-30(44)18-26-22-38-36-11-4-2-9-32(26)36/h1-4,8-15,21-24,37-38H,5-7,16-20H2/t23-,24-/m0/s1. The maximum absolute atomic E-state index is 12.8. The van der Waals surface area contributed by atoms with Crippen LogP contribution in [0, 0.1) is 0 Å². The Morgan fingerprint density at radius 2 is 1.07 bits per heavy atom. The number of ketones is 2. The van der Waals surface area contributed by atoms with Gasteiger partial charge in [0, 0.05) is 58.9 Å². The fraction of sp³-hybridized carbons (Fsp3) is 0.278. The van der Waals surface area contributed by atoms with Crippen molar-refractivity contribution in [3.05, 3.63) is 119 Å². The summed E-state index contributed by atoms with van der Waals surface area (Å²) in [6, 6.07) is 24.0. The van der Waals surface area contributed by atoms with Gasteiger partial charge in [-0.15, -0.1) is 0 Å². The lowest BCUT2D eigenvalue weighted by Crippen LogP contribution is -2.17. The summed E-state index contributed by atoms with van der Waals surface area (Å²) in [6.07, 6.45) is 9.23. The molecule has 1 fully saturated rings. The molecule has 2 aromatic carbocycles. The highest BCUT2D eigenvalue weighted by Gasteiger charge is 2.27. The van der Waals surface area contributed by atoms with E-state index < -0.39 is 0 Å². The van der Waals surface area contributed by atoms with Crippen molar-refractivity contribution in [3.63, 3.8) is 0 Å². The molecule has 0 amide bonds. The molecule has 220 valence electrons. The third kappa shape index (κ3) is 6.06. The van der Waals surface area contributed by atoms with Crippen molar-refractivity contribution in [3.8, 4) is 0 Å². The van der Waals surface area contributed by atoms with E-state index in [1.54, 1.807) is 0 Å². The van der Waals surface area contributed by atoms with E-state index in [-0.39, 0.29) is 36.2 Å². The van der Waals surface area contributed by atoms with Gasteiger partial charge in [0.15, 0.2) is 0 Å². The number of carbonyl (C=O) groups is 2. The predicted octanol–water partition coefficient (Wildman–Crippen LogP) is 6.38. The summed E-state index contributed by atoms with van der Waals surface area (Å²) in [7, 11) is 0. The van der Waals surface area contributed by atoms with Crippen molar-refractivity contribution in [1.29, 1.82) is 0 Å². The molecule has 0 spiro atoms. The summed E-state index contributed by atoms with van der Waals surface area (Å²) < 4.78 is 0. The van der Waals surface area contributed by atoms with Crippen molar-refractivity contribution in [2.45, 2.75) is 63.2 Å². The Labute approximate surface area is 255 Å². The Kier molecular flexibility index (Phi) is 7.80. The van der Waals surface area contributed by atoms with Gasteiger partial charge >= 0.3 is 0 Å². The van der Waals surface area contributed by atoms with Crippen LogP contribution in [-0.4, -0.2) is 41.9 Å². The summed E-state index contributed by atoms with van der Waals surface area (Å²) in [5, 5.41) is 20.1. The molecule has 4 aromatic heterocycles. The van der Waals surface area contributed by atoms with Gasteiger partial charge in [0.05, 0.1) is 35.6 Å². The average molecular weight is 583 g/mol. The number of benzene rings is 2. The maximum atomic E-state index is 12.8. The number of carbonyl (C=O) groups excluding carboxylic acids is 2. The monoisotopic (exact) mass is 582 g/mol. The molecular formula is C36H34N6O2. The molecule has 2 atom stereocenters. The van der Waals surface area contributed by atoms with Crippen LogP contribution in [0.2, 0.25) is 0 Å². The number of hydrogen-bond donors (Lipinski definition) is 2. The number of aromatic amines is 2. The number of aromatic nitrogens is 6. The normalized spacial score (nSPS) is 16.8. The van der Waals surface area contributed by atoms with Crippen LogP contribution >= 0.6 is 0 Å². The molecule has 8 nitrogen and oxygen atoms in total. The summed E-state index contributed by atoms with van der Waals surface area (Å²) in [4.78, 5) is 32.1. The molecule has 0 saturated heterocycles. The molecule has 44 heavy (non-hydrogen) atoms. The highest BCUT2D eigenvalue weighted by molar-refractivity contribution is 5.91. The van der Waals surface area contributed by atoms with Crippen molar-refractivity contribution >= 4 is 33.4 Å². The second-order valence-corrected chi connectivity index (χ2v) is 12.0. The maximum Gasteiger partial charge on any atom is 0.143 e. The van der Waals surface area contributed by atoms with Crippen LogP contribution in [-0.2, 0) is 35.3 Å². The molecular weight excluding hydrogens is 548 g/mol. The van der Waals surface area contributed by atoms with Gasteiger partial charge in [-0.2, -0.15) is 20.4 Å². The van der Waals surface area contributed by atoms with Gasteiger partial charge in [-0.05, 0) is 66.8 Å². The SMILES string of the molecule is O=C(Cc1ccc([C@H]2CCC[C@H](c3ccc(CC(=O)Cc4c[nH]c5ccccc45)nn3)C2)nn1)Cc1c[nH]c2ccccc12.